The first kappa shape index (κ1) is 15.4. The molecule has 0 amide bonds. The standard InChI is InChI=1S/C21H17NO3/c1-12-4-5-13(2)19-15(12)8-6-14-7-9-17-16(20(14)19)10-11-18(25-3)21(17)22(23)24/h4-11H,1-3H3. The van der Waals surface area contributed by atoms with Crippen LogP contribution in [0.1, 0.15) is 11.1 Å². The number of benzene rings is 4. The summed E-state index contributed by atoms with van der Waals surface area (Å²) in [4.78, 5) is 11.3. The number of ether oxygens (including phenoxy) is 1. The van der Waals surface area contributed by atoms with Gasteiger partial charge in [0.2, 0.25) is 0 Å². The monoisotopic (exact) mass is 331 g/mol. The third kappa shape index (κ3) is 2.14. The normalized spacial score (nSPS) is 11.3. The zero-order valence-corrected chi connectivity index (χ0v) is 14.3. The van der Waals surface area contributed by atoms with Crippen molar-refractivity contribution in [2.45, 2.75) is 13.8 Å². The van der Waals surface area contributed by atoms with Gasteiger partial charge in [-0.15, -0.1) is 0 Å². The van der Waals surface area contributed by atoms with Gasteiger partial charge in [-0.25, -0.2) is 0 Å². The van der Waals surface area contributed by atoms with Gasteiger partial charge >= 0.3 is 5.69 Å². The van der Waals surface area contributed by atoms with Crippen LogP contribution in [0.5, 0.6) is 5.75 Å². The smallest absolute Gasteiger partial charge is 0.318 e. The van der Waals surface area contributed by atoms with E-state index in [0.717, 1.165) is 27.1 Å². The molecule has 0 radical (unpaired) electrons. The van der Waals surface area contributed by atoms with E-state index < -0.39 is 0 Å². The first-order chi connectivity index (χ1) is 12.0. The predicted molar refractivity (Wildman–Crippen MR) is 102 cm³/mol. The molecule has 0 spiro atoms. The van der Waals surface area contributed by atoms with Crippen LogP contribution in [0.25, 0.3) is 32.3 Å². The fraction of sp³-hybridized carbons (Fsp3) is 0.143. The molecule has 25 heavy (non-hydrogen) atoms. The summed E-state index contributed by atoms with van der Waals surface area (Å²) < 4.78 is 5.22. The van der Waals surface area contributed by atoms with Crippen LogP contribution < -0.4 is 4.74 Å². The summed E-state index contributed by atoms with van der Waals surface area (Å²) >= 11 is 0. The highest BCUT2D eigenvalue weighted by Crippen LogP contribution is 2.41. The second-order valence-corrected chi connectivity index (χ2v) is 6.32. The molecule has 0 saturated carbocycles. The number of fused-ring (bicyclic) bond motifs is 5. The number of rotatable bonds is 2. The van der Waals surface area contributed by atoms with Crippen molar-refractivity contribution in [3.63, 3.8) is 0 Å². The highest BCUT2D eigenvalue weighted by atomic mass is 16.6. The maximum absolute atomic E-state index is 11.6. The van der Waals surface area contributed by atoms with Gasteiger partial charge in [0, 0.05) is 0 Å². The van der Waals surface area contributed by atoms with Crippen molar-refractivity contribution in [3.05, 3.63) is 69.8 Å². The molecule has 0 bridgehead atoms. The van der Waals surface area contributed by atoms with Crippen LogP contribution in [-0.4, -0.2) is 12.0 Å². The number of aryl methyl sites for hydroxylation is 2. The highest BCUT2D eigenvalue weighted by Gasteiger charge is 2.21. The van der Waals surface area contributed by atoms with Crippen LogP contribution in [0.15, 0.2) is 48.5 Å². The van der Waals surface area contributed by atoms with Crippen molar-refractivity contribution in [1.29, 1.82) is 0 Å². The third-order valence-corrected chi connectivity index (χ3v) is 4.92. The summed E-state index contributed by atoms with van der Waals surface area (Å²) in [5.41, 5.74) is 2.38. The average Bonchev–Trinajstić information content (AvgIpc) is 2.62. The van der Waals surface area contributed by atoms with E-state index in [1.54, 1.807) is 6.07 Å². The molecule has 0 N–H and O–H groups in total. The number of nitro groups is 1. The molecule has 0 aliphatic carbocycles. The Hall–Kier alpha value is -3.14. The minimum absolute atomic E-state index is 0.0178. The molecule has 124 valence electrons. The van der Waals surface area contributed by atoms with Gasteiger partial charge in [-0.3, -0.25) is 10.1 Å². The van der Waals surface area contributed by atoms with Gasteiger partial charge < -0.3 is 4.74 Å². The maximum atomic E-state index is 11.6. The molecule has 0 aromatic heterocycles. The SMILES string of the molecule is COc1ccc2c(ccc3ccc4c(C)ccc(C)c4c32)c1[N+](=O)[O-]. The lowest BCUT2D eigenvalue weighted by molar-refractivity contribution is -0.383. The third-order valence-electron chi connectivity index (χ3n) is 4.92. The molecule has 4 nitrogen and oxygen atoms in total. The zero-order chi connectivity index (χ0) is 17.7. The van der Waals surface area contributed by atoms with E-state index in [1.807, 2.05) is 18.2 Å². The minimum atomic E-state index is -0.365. The summed E-state index contributed by atoms with van der Waals surface area (Å²) in [6, 6.07) is 15.8. The van der Waals surface area contributed by atoms with Crippen molar-refractivity contribution in [3.8, 4) is 5.75 Å². The van der Waals surface area contributed by atoms with Crippen LogP contribution in [0.4, 0.5) is 5.69 Å². The number of hydrogen-bond donors (Lipinski definition) is 0. The molecule has 0 fully saturated rings. The molecule has 0 unspecified atom stereocenters. The van der Waals surface area contributed by atoms with E-state index in [9.17, 15) is 10.1 Å². The van der Waals surface area contributed by atoms with Crippen molar-refractivity contribution in [2.24, 2.45) is 0 Å². The molecule has 0 saturated heterocycles. The quantitative estimate of drug-likeness (QED) is 0.270. The van der Waals surface area contributed by atoms with Gasteiger partial charge in [0.05, 0.1) is 17.4 Å². The van der Waals surface area contributed by atoms with Crippen molar-refractivity contribution in [1.82, 2.24) is 0 Å². The Balaban J connectivity index is 2.31. The van der Waals surface area contributed by atoms with Crippen LogP contribution >= 0.6 is 0 Å². The van der Waals surface area contributed by atoms with Gasteiger partial charge in [-0.05, 0) is 70.1 Å². The van der Waals surface area contributed by atoms with Crippen LogP contribution in [-0.2, 0) is 0 Å². The Bertz CT molecular complexity index is 1180. The minimum Gasteiger partial charge on any atom is -0.490 e. The number of nitrogens with zero attached hydrogens (tertiary/aromatic N) is 1. The largest absolute Gasteiger partial charge is 0.490 e. The zero-order valence-electron chi connectivity index (χ0n) is 14.3. The van der Waals surface area contributed by atoms with Crippen molar-refractivity contribution in [2.75, 3.05) is 7.11 Å². The molecule has 4 aromatic carbocycles. The molecule has 0 atom stereocenters. The number of methoxy groups -OCH3 is 1. The summed E-state index contributed by atoms with van der Waals surface area (Å²) in [5, 5.41) is 17.6. The lowest BCUT2D eigenvalue weighted by Crippen LogP contribution is -1.95. The second-order valence-electron chi connectivity index (χ2n) is 6.32. The Labute approximate surface area is 144 Å². The first-order valence-corrected chi connectivity index (χ1v) is 8.09. The molecule has 0 aliphatic heterocycles. The Kier molecular flexibility index (Phi) is 3.35. The van der Waals surface area contributed by atoms with E-state index >= 15 is 0 Å². The average molecular weight is 331 g/mol. The van der Waals surface area contributed by atoms with E-state index in [4.69, 9.17) is 4.74 Å². The predicted octanol–water partition coefficient (Wildman–Crippen LogP) is 5.68. The molecule has 0 heterocycles. The van der Waals surface area contributed by atoms with E-state index in [2.05, 4.69) is 38.1 Å². The van der Waals surface area contributed by atoms with Crippen LogP contribution in [0, 0.1) is 24.0 Å². The van der Waals surface area contributed by atoms with E-state index in [-0.39, 0.29) is 16.4 Å². The highest BCUT2D eigenvalue weighted by molar-refractivity contribution is 6.23. The summed E-state index contributed by atoms with van der Waals surface area (Å²) in [6.07, 6.45) is 0. The van der Waals surface area contributed by atoms with Crippen molar-refractivity contribution < 1.29 is 9.66 Å². The molecular weight excluding hydrogens is 314 g/mol. The van der Waals surface area contributed by atoms with Gasteiger partial charge in [-0.2, -0.15) is 0 Å². The maximum Gasteiger partial charge on any atom is 0.318 e. The van der Waals surface area contributed by atoms with Gasteiger partial charge in [0.15, 0.2) is 5.75 Å². The van der Waals surface area contributed by atoms with E-state index in [1.165, 1.54) is 18.1 Å². The summed E-state index contributed by atoms with van der Waals surface area (Å²) in [7, 11) is 1.46. The Morgan fingerprint density at radius 3 is 2.12 bits per heavy atom. The van der Waals surface area contributed by atoms with E-state index in [0.29, 0.717) is 5.39 Å². The Morgan fingerprint density at radius 2 is 1.44 bits per heavy atom. The van der Waals surface area contributed by atoms with Gasteiger partial charge in [0.25, 0.3) is 0 Å². The lowest BCUT2D eigenvalue weighted by atomic mass is 9.91. The molecule has 0 aliphatic rings. The fourth-order valence-electron chi connectivity index (χ4n) is 3.71. The van der Waals surface area contributed by atoms with Crippen molar-refractivity contribution >= 4 is 38.0 Å². The van der Waals surface area contributed by atoms with Gasteiger partial charge in [-0.1, -0.05) is 30.3 Å². The topological polar surface area (TPSA) is 52.4 Å². The summed E-state index contributed by atoms with van der Waals surface area (Å²) in [6.45, 7) is 4.17. The first-order valence-electron chi connectivity index (χ1n) is 8.09. The lowest BCUT2D eigenvalue weighted by Gasteiger charge is -2.13. The van der Waals surface area contributed by atoms with Gasteiger partial charge in [0.1, 0.15) is 0 Å². The molecule has 4 heteroatoms. The van der Waals surface area contributed by atoms with Crippen LogP contribution in [0.2, 0.25) is 0 Å². The molecule has 4 rings (SSSR count). The number of hydrogen-bond acceptors (Lipinski definition) is 3. The summed E-state index contributed by atoms with van der Waals surface area (Å²) in [5.74, 6) is 0.282. The fourth-order valence-corrected chi connectivity index (χ4v) is 3.71. The molecule has 4 aromatic rings. The van der Waals surface area contributed by atoms with Crippen LogP contribution in [0.3, 0.4) is 0 Å². The number of nitro benzene ring substituents is 1. The molecular formula is C21H17NO3. The second kappa shape index (κ2) is 5.45. The Morgan fingerprint density at radius 1 is 0.800 bits per heavy atom.